The number of hydrogen-bond donors (Lipinski definition) is 0. The molecule has 1 rings (SSSR count). The zero-order valence-corrected chi connectivity index (χ0v) is 11.4. The molecule has 0 unspecified atom stereocenters. The molecule has 0 aliphatic carbocycles. The van der Waals surface area contributed by atoms with E-state index in [1.54, 1.807) is 23.2 Å². The molecule has 0 atom stereocenters. The average molecular weight is 266 g/mol. The molecular weight excluding hydrogens is 248 g/mol. The molecule has 0 saturated heterocycles. The summed E-state index contributed by atoms with van der Waals surface area (Å²) in [5.41, 5.74) is 0.336. The third-order valence-electron chi connectivity index (χ3n) is 2.53. The Morgan fingerprint density at radius 1 is 1.32 bits per heavy atom. The van der Waals surface area contributed by atoms with Crippen molar-refractivity contribution >= 4 is 17.8 Å². The number of nitrogens with zero attached hydrogens (tertiary/aromatic N) is 2. The highest BCUT2D eigenvalue weighted by molar-refractivity contribution is 5.95. The second-order valence-electron chi connectivity index (χ2n) is 3.86. The fourth-order valence-electron chi connectivity index (χ4n) is 1.67. The van der Waals surface area contributed by atoms with Crippen LogP contribution in [0.3, 0.4) is 0 Å². The standard InChI is InChI=1S/C13H18N2O4/c1-4-8-15(9-11(16)18-2)12-10(13(17)19-3)6-5-7-14-12/h5-7H,4,8-9H2,1-3H3. The number of carbonyl (C=O) groups is 2. The van der Waals surface area contributed by atoms with Gasteiger partial charge in [0.05, 0.1) is 14.2 Å². The van der Waals surface area contributed by atoms with Gasteiger partial charge < -0.3 is 14.4 Å². The summed E-state index contributed by atoms with van der Waals surface area (Å²) in [6, 6.07) is 3.27. The summed E-state index contributed by atoms with van der Waals surface area (Å²) in [6.45, 7) is 2.62. The van der Waals surface area contributed by atoms with Crippen LogP contribution in [-0.2, 0) is 14.3 Å². The lowest BCUT2D eigenvalue weighted by Gasteiger charge is -2.23. The van der Waals surface area contributed by atoms with Crippen LogP contribution in [0.4, 0.5) is 5.82 Å². The lowest BCUT2D eigenvalue weighted by atomic mass is 10.2. The van der Waals surface area contributed by atoms with Crippen molar-refractivity contribution in [3.05, 3.63) is 23.9 Å². The summed E-state index contributed by atoms with van der Waals surface area (Å²) >= 11 is 0. The number of anilines is 1. The molecule has 0 aromatic carbocycles. The average Bonchev–Trinajstić information content (AvgIpc) is 2.45. The van der Waals surface area contributed by atoms with Gasteiger partial charge in [0.2, 0.25) is 0 Å². The lowest BCUT2D eigenvalue weighted by Crippen LogP contribution is -2.33. The van der Waals surface area contributed by atoms with Crippen LogP contribution in [0.1, 0.15) is 23.7 Å². The van der Waals surface area contributed by atoms with E-state index in [-0.39, 0.29) is 12.5 Å². The summed E-state index contributed by atoms with van der Waals surface area (Å²) in [4.78, 5) is 29.0. The number of ether oxygens (including phenoxy) is 2. The Labute approximate surface area is 112 Å². The SMILES string of the molecule is CCCN(CC(=O)OC)c1ncccc1C(=O)OC. The topological polar surface area (TPSA) is 68.7 Å². The quantitative estimate of drug-likeness (QED) is 0.722. The predicted octanol–water partition coefficient (Wildman–Crippen LogP) is 1.26. The highest BCUT2D eigenvalue weighted by Gasteiger charge is 2.20. The van der Waals surface area contributed by atoms with E-state index in [1.807, 2.05) is 6.92 Å². The van der Waals surface area contributed by atoms with Crippen LogP contribution in [0.2, 0.25) is 0 Å². The van der Waals surface area contributed by atoms with Crippen LogP contribution in [0.25, 0.3) is 0 Å². The van der Waals surface area contributed by atoms with Gasteiger partial charge in [0.25, 0.3) is 0 Å². The minimum atomic E-state index is -0.478. The lowest BCUT2D eigenvalue weighted by molar-refractivity contribution is -0.138. The molecular formula is C13H18N2O4. The number of rotatable bonds is 6. The largest absolute Gasteiger partial charge is 0.468 e. The molecule has 0 N–H and O–H groups in total. The molecule has 6 nitrogen and oxygen atoms in total. The van der Waals surface area contributed by atoms with Crippen LogP contribution in [0, 0.1) is 0 Å². The predicted molar refractivity (Wildman–Crippen MR) is 70.1 cm³/mol. The van der Waals surface area contributed by atoms with E-state index in [0.29, 0.717) is 17.9 Å². The van der Waals surface area contributed by atoms with Crippen LogP contribution in [-0.4, -0.2) is 44.2 Å². The molecule has 0 radical (unpaired) electrons. The first-order valence-corrected chi connectivity index (χ1v) is 5.99. The molecule has 6 heteroatoms. The number of hydrogen-bond acceptors (Lipinski definition) is 6. The first kappa shape index (κ1) is 14.9. The summed E-state index contributed by atoms with van der Waals surface area (Å²) in [7, 11) is 2.63. The van der Waals surface area contributed by atoms with Crippen molar-refractivity contribution in [2.75, 3.05) is 32.2 Å². The van der Waals surface area contributed by atoms with Crippen molar-refractivity contribution in [1.82, 2.24) is 4.98 Å². The smallest absolute Gasteiger partial charge is 0.341 e. The van der Waals surface area contributed by atoms with Crippen molar-refractivity contribution in [1.29, 1.82) is 0 Å². The van der Waals surface area contributed by atoms with Crippen molar-refractivity contribution in [2.45, 2.75) is 13.3 Å². The second-order valence-corrected chi connectivity index (χ2v) is 3.86. The highest BCUT2D eigenvalue weighted by atomic mass is 16.5. The van der Waals surface area contributed by atoms with E-state index in [2.05, 4.69) is 9.72 Å². The maximum atomic E-state index is 11.7. The van der Waals surface area contributed by atoms with Crippen molar-refractivity contribution in [3.63, 3.8) is 0 Å². The minimum Gasteiger partial charge on any atom is -0.468 e. The Bertz CT molecular complexity index is 448. The Kier molecular flexibility index (Phi) is 5.78. The van der Waals surface area contributed by atoms with Gasteiger partial charge in [0.15, 0.2) is 0 Å². The van der Waals surface area contributed by atoms with E-state index in [4.69, 9.17) is 4.74 Å². The minimum absolute atomic E-state index is 0.0470. The molecule has 1 heterocycles. The molecule has 19 heavy (non-hydrogen) atoms. The molecule has 104 valence electrons. The molecule has 0 spiro atoms. The second kappa shape index (κ2) is 7.35. The monoisotopic (exact) mass is 266 g/mol. The normalized spacial score (nSPS) is 9.84. The van der Waals surface area contributed by atoms with E-state index < -0.39 is 5.97 Å². The van der Waals surface area contributed by atoms with Gasteiger partial charge in [-0.1, -0.05) is 6.92 Å². The van der Waals surface area contributed by atoms with E-state index >= 15 is 0 Å². The molecule has 0 amide bonds. The van der Waals surface area contributed by atoms with E-state index in [0.717, 1.165) is 6.42 Å². The summed E-state index contributed by atoms with van der Waals surface area (Å²) in [5.74, 6) is -0.425. The summed E-state index contributed by atoms with van der Waals surface area (Å²) in [5, 5.41) is 0. The number of methoxy groups -OCH3 is 2. The number of aromatic nitrogens is 1. The zero-order chi connectivity index (χ0) is 14.3. The molecule has 1 aromatic rings. The first-order chi connectivity index (χ1) is 9.13. The number of esters is 2. The van der Waals surface area contributed by atoms with Gasteiger partial charge >= 0.3 is 11.9 Å². The van der Waals surface area contributed by atoms with Crippen LogP contribution in [0.5, 0.6) is 0 Å². The third-order valence-corrected chi connectivity index (χ3v) is 2.53. The van der Waals surface area contributed by atoms with Gasteiger partial charge in [0, 0.05) is 12.7 Å². The summed E-state index contributed by atoms with van der Waals surface area (Å²) < 4.78 is 9.37. The Morgan fingerprint density at radius 2 is 2.05 bits per heavy atom. The first-order valence-electron chi connectivity index (χ1n) is 5.99. The van der Waals surface area contributed by atoms with E-state index in [9.17, 15) is 9.59 Å². The highest BCUT2D eigenvalue weighted by Crippen LogP contribution is 2.18. The third kappa shape index (κ3) is 3.94. The Balaban J connectivity index is 3.07. The zero-order valence-electron chi connectivity index (χ0n) is 11.4. The fourth-order valence-corrected chi connectivity index (χ4v) is 1.67. The number of carbonyl (C=O) groups excluding carboxylic acids is 2. The van der Waals surface area contributed by atoms with Crippen molar-refractivity contribution < 1.29 is 19.1 Å². The van der Waals surface area contributed by atoms with Gasteiger partial charge in [-0.15, -0.1) is 0 Å². The molecule has 0 bridgehead atoms. The molecule has 1 aromatic heterocycles. The maximum Gasteiger partial charge on any atom is 0.341 e. The van der Waals surface area contributed by atoms with Crippen molar-refractivity contribution in [3.8, 4) is 0 Å². The Hall–Kier alpha value is -2.11. The molecule has 0 aliphatic rings. The molecule has 0 fully saturated rings. The van der Waals surface area contributed by atoms with Crippen LogP contribution in [0.15, 0.2) is 18.3 Å². The summed E-state index contributed by atoms with van der Waals surface area (Å²) in [6.07, 6.45) is 2.38. The van der Waals surface area contributed by atoms with E-state index in [1.165, 1.54) is 14.2 Å². The molecule has 0 saturated carbocycles. The maximum absolute atomic E-state index is 11.7. The fraction of sp³-hybridized carbons (Fsp3) is 0.462. The van der Waals surface area contributed by atoms with Gasteiger partial charge in [0.1, 0.15) is 17.9 Å². The molecule has 0 aliphatic heterocycles. The van der Waals surface area contributed by atoms with Crippen LogP contribution < -0.4 is 4.90 Å². The Morgan fingerprint density at radius 3 is 2.63 bits per heavy atom. The van der Waals surface area contributed by atoms with Gasteiger partial charge in [-0.05, 0) is 18.6 Å². The van der Waals surface area contributed by atoms with Crippen molar-refractivity contribution in [2.24, 2.45) is 0 Å². The van der Waals surface area contributed by atoms with Gasteiger partial charge in [-0.2, -0.15) is 0 Å². The van der Waals surface area contributed by atoms with Gasteiger partial charge in [-0.25, -0.2) is 9.78 Å². The van der Waals surface area contributed by atoms with Crippen LogP contribution >= 0.6 is 0 Å². The number of pyridine rings is 1. The van der Waals surface area contributed by atoms with Gasteiger partial charge in [-0.3, -0.25) is 4.79 Å².